The number of aromatic nitrogens is 2. The average Bonchev–Trinajstić information content (AvgIpc) is 3.05. The van der Waals surface area contributed by atoms with Crippen molar-refractivity contribution in [3.05, 3.63) is 53.6 Å². The Bertz CT molecular complexity index is 677. The molecule has 3 rings (SSSR count). The number of aryl methyl sites for hydroxylation is 2. The van der Waals surface area contributed by atoms with Gasteiger partial charge in [0.15, 0.2) is 0 Å². The summed E-state index contributed by atoms with van der Waals surface area (Å²) in [5.41, 5.74) is 3.71. The number of benzene rings is 1. The molecule has 1 aliphatic rings. The van der Waals surface area contributed by atoms with E-state index in [9.17, 15) is 4.79 Å². The third kappa shape index (κ3) is 3.78. The van der Waals surface area contributed by atoms with Gasteiger partial charge in [-0.1, -0.05) is 31.2 Å². The first-order valence-electron chi connectivity index (χ1n) is 8.74. The molecule has 0 spiro atoms. The quantitative estimate of drug-likeness (QED) is 0.939. The summed E-state index contributed by atoms with van der Waals surface area (Å²) in [4.78, 5) is 18.5. The van der Waals surface area contributed by atoms with Gasteiger partial charge in [-0.2, -0.15) is 0 Å². The molecule has 2 aromatic rings. The van der Waals surface area contributed by atoms with Crippen molar-refractivity contribution in [3.8, 4) is 0 Å². The van der Waals surface area contributed by atoms with Gasteiger partial charge in [-0.15, -0.1) is 0 Å². The molecule has 1 aromatic heterocycles. The van der Waals surface area contributed by atoms with Crippen molar-refractivity contribution in [3.63, 3.8) is 0 Å². The Labute approximate surface area is 143 Å². The number of likely N-dealkylation sites (tertiary alicyclic amines) is 1. The second-order valence-electron chi connectivity index (χ2n) is 6.53. The molecule has 1 aliphatic heterocycles. The van der Waals surface area contributed by atoms with Gasteiger partial charge in [0, 0.05) is 32.3 Å². The summed E-state index contributed by atoms with van der Waals surface area (Å²) in [5.74, 6) is 0.437. The van der Waals surface area contributed by atoms with E-state index < -0.39 is 0 Å². The van der Waals surface area contributed by atoms with Crippen molar-refractivity contribution in [1.82, 2.24) is 19.8 Å². The number of rotatable bonds is 4. The van der Waals surface area contributed by atoms with Crippen LogP contribution in [0.3, 0.4) is 0 Å². The van der Waals surface area contributed by atoms with Crippen LogP contribution >= 0.6 is 0 Å². The molecule has 128 valence electrons. The Kier molecular flexibility index (Phi) is 5.18. The molecule has 1 fully saturated rings. The highest BCUT2D eigenvalue weighted by Gasteiger charge is 2.24. The van der Waals surface area contributed by atoms with Crippen LogP contribution in [0, 0.1) is 0 Å². The fourth-order valence-corrected chi connectivity index (χ4v) is 3.29. The molecule has 2 amide bonds. The predicted octanol–water partition coefficient (Wildman–Crippen LogP) is 3.07. The van der Waals surface area contributed by atoms with Crippen molar-refractivity contribution in [2.45, 2.75) is 38.6 Å². The molecule has 0 radical (unpaired) electrons. The molecule has 0 saturated carbocycles. The highest BCUT2D eigenvalue weighted by molar-refractivity contribution is 5.74. The number of piperidine rings is 1. The molecule has 0 bridgehead atoms. The summed E-state index contributed by atoms with van der Waals surface area (Å²) in [6.45, 7) is 4.31. The fraction of sp³-hybridized carbons (Fsp3) is 0.474. The third-order valence-electron chi connectivity index (χ3n) is 4.91. The Morgan fingerprint density at radius 2 is 2.12 bits per heavy atom. The Hall–Kier alpha value is -2.30. The smallest absolute Gasteiger partial charge is 0.317 e. The molecule has 5 nitrogen and oxygen atoms in total. The molecule has 24 heavy (non-hydrogen) atoms. The zero-order valence-corrected chi connectivity index (χ0v) is 14.5. The molecule has 1 aromatic carbocycles. The monoisotopic (exact) mass is 326 g/mol. The second-order valence-corrected chi connectivity index (χ2v) is 6.53. The SMILES string of the molecule is CCc1ccc(C2CCCN(C(=O)NCc3cncn3C)C2)cc1. The number of imidazole rings is 1. The highest BCUT2D eigenvalue weighted by atomic mass is 16.2. The molecule has 5 heteroatoms. The molecule has 0 aliphatic carbocycles. The summed E-state index contributed by atoms with van der Waals surface area (Å²) in [6.07, 6.45) is 6.80. The normalized spacial score (nSPS) is 17.8. The summed E-state index contributed by atoms with van der Waals surface area (Å²) >= 11 is 0. The number of nitrogens with zero attached hydrogens (tertiary/aromatic N) is 3. The van der Waals surface area contributed by atoms with E-state index in [0.717, 1.165) is 38.0 Å². The lowest BCUT2D eigenvalue weighted by Gasteiger charge is -2.33. The zero-order valence-electron chi connectivity index (χ0n) is 14.5. The van der Waals surface area contributed by atoms with Crippen molar-refractivity contribution >= 4 is 6.03 Å². The maximum atomic E-state index is 12.5. The van der Waals surface area contributed by atoms with E-state index in [1.165, 1.54) is 11.1 Å². The maximum absolute atomic E-state index is 12.5. The minimum absolute atomic E-state index is 0.0195. The molecular weight excluding hydrogens is 300 g/mol. The Morgan fingerprint density at radius 3 is 2.79 bits per heavy atom. The Morgan fingerprint density at radius 1 is 1.33 bits per heavy atom. The van der Waals surface area contributed by atoms with Crippen molar-refractivity contribution in [2.24, 2.45) is 7.05 Å². The molecule has 1 unspecified atom stereocenters. The molecule has 2 heterocycles. The van der Waals surface area contributed by atoms with Gasteiger partial charge in [0.25, 0.3) is 0 Å². The largest absolute Gasteiger partial charge is 0.336 e. The van der Waals surface area contributed by atoms with Crippen molar-refractivity contribution < 1.29 is 4.79 Å². The van der Waals surface area contributed by atoms with Gasteiger partial charge in [0.2, 0.25) is 0 Å². The summed E-state index contributed by atoms with van der Waals surface area (Å²) in [5, 5.41) is 3.01. The van der Waals surface area contributed by atoms with Crippen molar-refractivity contribution in [1.29, 1.82) is 0 Å². The standard InChI is InChI=1S/C19H26N4O/c1-3-15-6-8-16(9-7-15)17-5-4-10-23(13-17)19(24)21-12-18-11-20-14-22(18)2/h6-9,11,14,17H,3-5,10,12-13H2,1-2H3,(H,21,24). The van der Waals surface area contributed by atoms with E-state index >= 15 is 0 Å². The van der Waals surface area contributed by atoms with Gasteiger partial charge in [-0.25, -0.2) is 9.78 Å². The van der Waals surface area contributed by atoms with Crippen LogP contribution in [-0.2, 0) is 20.0 Å². The molecule has 1 atom stereocenters. The van der Waals surface area contributed by atoms with Crippen molar-refractivity contribution in [2.75, 3.05) is 13.1 Å². The number of urea groups is 1. The first-order chi connectivity index (χ1) is 11.7. The fourth-order valence-electron chi connectivity index (χ4n) is 3.29. The summed E-state index contributed by atoms with van der Waals surface area (Å²) in [7, 11) is 1.94. The van der Waals surface area contributed by atoms with Crippen LogP contribution in [0.4, 0.5) is 4.79 Å². The third-order valence-corrected chi connectivity index (χ3v) is 4.91. The van der Waals surface area contributed by atoms with E-state index in [1.807, 2.05) is 16.5 Å². The van der Waals surface area contributed by atoms with Crippen LogP contribution in [0.1, 0.15) is 42.5 Å². The van der Waals surface area contributed by atoms with E-state index in [-0.39, 0.29) is 6.03 Å². The molecular formula is C19H26N4O. The lowest BCUT2D eigenvalue weighted by atomic mass is 9.90. The number of nitrogens with one attached hydrogen (secondary N) is 1. The topological polar surface area (TPSA) is 50.2 Å². The average molecular weight is 326 g/mol. The van der Waals surface area contributed by atoms with Crippen LogP contribution in [0.15, 0.2) is 36.8 Å². The van der Waals surface area contributed by atoms with Gasteiger partial charge < -0.3 is 14.8 Å². The van der Waals surface area contributed by atoms with E-state index in [2.05, 4.69) is 41.5 Å². The van der Waals surface area contributed by atoms with Crippen LogP contribution in [-0.4, -0.2) is 33.6 Å². The van der Waals surface area contributed by atoms with Crippen LogP contribution in [0.25, 0.3) is 0 Å². The van der Waals surface area contributed by atoms with Gasteiger partial charge >= 0.3 is 6.03 Å². The highest BCUT2D eigenvalue weighted by Crippen LogP contribution is 2.27. The van der Waals surface area contributed by atoms with Gasteiger partial charge in [0.05, 0.1) is 18.6 Å². The lowest BCUT2D eigenvalue weighted by molar-refractivity contribution is 0.179. The lowest BCUT2D eigenvalue weighted by Crippen LogP contribution is -2.44. The maximum Gasteiger partial charge on any atom is 0.317 e. The van der Waals surface area contributed by atoms with Crippen LogP contribution in [0.2, 0.25) is 0 Å². The number of hydrogen-bond donors (Lipinski definition) is 1. The number of carbonyl (C=O) groups is 1. The number of hydrogen-bond acceptors (Lipinski definition) is 2. The minimum atomic E-state index is 0.0195. The van der Waals surface area contributed by atoms with E-state index in [1.54, 1.807) is 12.5 Å². The van der Waals surface area contributed by atoms with Crippen LogP contribution < -0.4 is 5.32 Å². The summed E-state index contributed by atoms with van der Waals surface area (Å²) < 4.78 is 1.93. The first-order valence-corrected chi connectivity index (χ1v) is 8.74. The van der Waals surface area contributed by atoms with Gasteiger partial charge in [-0.05, 0) is 30.4 Å². The minimum Gasteiger partial charge on any atom is -0.336 e. The second kappa shape index (κ2) is 7.51. The Balaban J connectivity index is 1.58. The van der Waals surface area contributed by atoms with Crippen LogP contribution in [0.5, 0.6) is 0 Å². The number of carbonyl (C=O) groups excluding carboxylic acids is 1. The van der Waals surface area contributed by atoms with Gasteiger partial charge in [0.1, 0.15) is 0 Å². The number of amides is 2. The molecule has 1 saturated heterocycles. The van der Waals surface area contributed by atoms with E-state index in [0.29, 0.717) is 12.5 Å². The summed E-state index contributed by atoms with van der Waals surface area (Å²) in [6, 6.07) is 8.88. The predicted molar refractivity (Wildman–Crippen MR) is 94.8 cm³/mol. The van der Waals surface area contributed by atoms with Gasteiger partial charge in [-0.3, -0.25) is 0 Å². The zero-order chi connectivity index (χ0) is 16.9. The first kappa shape index (κ1) is 16.6. The van der Waals surface area contributed by atoms with E-state index in [4.69, 9.17) is 0 Å². The molecule has 1 N–H and O–H groups in total.